The van der Waals surface area contributed by atoms with Crippen LogP contribution in [-0.2, 0) is 4.74 Å². The zero-order chi connectivity index (χ0) is 13.7. The van der Waals surface area contributed by atoms with Crippen molar-refractivity contribution in [2.75, 3.05) is 32.5 Å². The van der Waals surface area contributed by atoms with E-state index in [1.165, 1.54) is 12.8 Å². The van der Waals surface area contributed by atoms with Gasteiger partial charge in [-0.3, -0.25) is 4.90 Å². The maximum atomic E-state index is 12.0. The molecule has 0 N–H and O–H groups in total. The molecule has 0 unspecified atom stereocenters. The molecule has 3 nitrogen and oxygen atoms in total. The topological polar surface area (TPSA) is 29.5 Å². The highest BCUT2D eigenvalue weighted by molar-refractivity contribution is 7.98. The van der Waals surface area contributed by atoms with Crippen molar-refractivity contribution in [2.45, 2.75) is 17.7 Å². The number of carbonyl (C=O) groups excluding carboxylic acids is 1. The van der Waals surface area contributed by atoms with Crippen molar-refractivity contribution >= 4 is 29.3 Å². The van der Waals surface area contributed by atoms with Gasteiger partial charge in [0.2, 0.25) is 0 Å². The van der Waals surface area contributed by atoms with Crippen LogP contribution in [-0.4, -0.2) is 43.4 Å². The fourth-order valence-corrected chi connectivity index (χ4v) is 2.77. The minimum Gasteiger partial charge on any atom is -0.461 e. The highest BCUT2D eigenvalue weighted by Crippen LogP contribution is 2.23. The number of benzene rings is 1. The number of likely N-dealkylation sites (tertiary alicyclic amines) is 1. The molecular weight excluding hydrogens is 282 g/mol. The smallest absolute Gasteiger partial charge is 0.339 e. The average molecular weight is 300 g/mol. The van der Waals surface area contributed by atoms with E-state index in [4.69, 9.17) is 16.3 Å². The molecule has 1 aromatic carbocycles. The van der Waals surface area contributed by atoms with Crippen LogP contribution >= 0.6 is 23.4 Å². The third kappa shape index (κ3) is 4.13. The Morgan fingerprint density at radius 2 is 2.16 bits per heavy atom. The molecule has 0 aromatic heterocycles. The molecule has 1 heterocycles. The summed E-state index contributed by atoms with van der Waals surface area (Å²) in [6, 6.07) is 5.42. The van der Waals surface area contributed by atoms with Crippen LogP contribution in [0, 0.1) is 0 Å². The number of carbonyl (C=O) groups is 1. The minimum absolute atomic E-state index is 0.333. The molecule has 0 spiro atoms. The Hall–Kier alpha value is -0.710. The van der Waals surface area contributed by atoms with Gasteiger partial charge in [-0.1, -0.05) is 11.6 Å². The molecule has 104 valence electrons. The van der Waals surface area contributed by atoms with E-state index in [0.717, 1.165) is 24.5 Å². The fraction of sp³-hybridized carbons (Fsp3) is 0.500. The Labute approximate surface area is 123 Å². The first kappa shape index (κ1) is 14.7. The van der Waals surface area contributed by atoms with Crippen LogP contribution in [0.5, 0.6) is 0 Å². The van der Waals surface area contributed by atoms with Gasteiger partial charge in [0.15, 0.2) is 0 Å². The first-order valence-corrected chi connectivity index (χ1v) is 8.04. The van der Waals surface area contributed by atoms with Crippen LogP contribution in [0.2, 0.25) is 5.02 Å². The molecule has 0 amide bonds. The van der Waals surface area contributed by atoms with Gasteiger partial charge in [0, 0.05) is 11.4 Å². The summed E-state index contributed by atoms with van der Waals surface area (Å²) in [5.74, 6) is -0.333. The van der Waals surface area contributed by atoms with Crippen LogP contribution < -0.4 is 0 Å². The molecule has 5 heteroatoms. The van der Waals surface area contributed by atoms with Crippen molar-refractivity contribution in [3.05, 3.63) is 28.8 Å². The van der Waals surface area contributed by atoms with Gasteiger partial charge in [-0.25, -0.2) is 4.79 Å². The lowest BCUT2D eigenvalue weighted by Crippen LogP contribution is -2.25. The first-order chi connectivity index (χ1) is 9.20. The third-order valence-electron chi connectivity index (χ3n) is 3.23. The summed E-state index contributed by atoms with van der Waals surface area (Å²) >= 11 is 7.61. The molecule has 19 heavy (non-hydrogen) atoms. The van der Waals surface area contributed by atoms with Crippen LogP contribution in [0.25, 0.3) is 0 Å². The Bertz CT molecular complexity index is 447. The van der Waals surface area contributed by atoms with Gasteiger partial charge in [0.05, 0.1) is 10.6 Å². The zero-order valence-corrected chi connectivity index (χ0v) is 12.6. The van der Waals surface area contributed by atoms with Gasteiger partial charge in [-0.05, 0) is 50.4 Å². The number of esters is 1. The van der Waals surface area contributed by atoms with Crippen molar-refractivity contribution in [3.63, 3.8) is 0 Å². The standard InChI is InChI=1S/C14H18ClNO2S/c1-19-11-4-5-13(15)12(10-11)14(17)18-9-8-16-6-2-3-7-16/h4-5,10H,2-3,6-9H2,1H3. The number of rotatable bonds is 5. The van der Waals surface area contributed by atoms with E-state index in [1.807, 2.05) is 12.3 Å². The Balaban J connectivity index is 1.88. The van der Waals surface area contributed by atoms with Crippen LogP contribution in [0.15, 0.2) is 23.1 Å². The number of ether oxygens (including phenoxy) is 1. The lowest BCUT2D eigenvalue weighted by molar-refractivity contribution is 0.0472. The molecule has 0 aliphatic carbocycles. The molecule has 1 aliphatic heterocycles. The molecule has 1 saturated heterocycles. The van der Waals surface area contributed by atoms with E-state index in [-0.39, 0.29) is 5.97 Å². The van der Waals surface area contributed by atoms with Gasteiger partial charge >= 0.3 is 5.97 Å². The van der Waals surface area contributed by atoms with Crippen LogP contribution in [0.3, 0.4) is 0 Å². The number of nitrogens with zero attached hydrogens (tertiary/aromatic N) is 1. The summed E-state index contributed by atoms with van der Waals surface area (Å²) < 4.78 is 5.30. The van der Waals surface area contributed by atoms with Crippen molar-refractivity contribution < 1.29 is 9.53 Å². The molecule has 2 rings (SSSR count). The zero-order valence-electron chi connectivity index (χ0n) is 11.0. The highest BCUT2D eigenvalue weighted by Gasteiger charge is 2.15. The summed E-state index contributed by atoms with van der Waals surface area (Å²) in [7, 11) is 0. The fourth-order valence-electron chi connectivity index (χ4n) is 2.14. The third-order valence-corrected chi connectivity index (χ3v) is 4.29. The second-order valence-electron chi connectivity index (χ2n) is 4.53. The molecule has 0 bridgehead atoms. The first-order valence-electron chi connectivity index (χ1n) is 6.43. The van der Waals surface area contributed by atoms with Crippen LogP contribution in [0.4, 0.5) is 0 Å². The Kier molecular flexibility index (Phi) is 5.55. The molecule has 1 fully saturated rings. The van der Waals surface area contributed by atoms with Crippen molar-refractivity contribution in [1.82, 2.24) is 4.90 Å². The minimum atomic E-state index is -0.333. The molecule has 0 atom stereocenters. The largest absolute Gasteiger partial charge is 0.461 e. The summed E-state index contributed by atoms with van der Waals surface area (Å²) in [6.07, 6.45) is 4.46. The van der Waals surface area contributed by atoms with Gasteiger partial charge in [0.1, 0.15) is 6.61 Å². The van der Waals surface area contributed by atoms with E-state index in [1.54, 1.807) is 23.9 Å². The second kappa shape index (κ2) is 7.17. The van der Waals surface area contributed by atoms with E-state index < -0.39 is 0 Å². The maximum absolute atomic E-state index is 12.0. The summed E-state index contributed by atoms with van der Waals surface area (Å²) in [5.41, 5.74) is 0.454. The monoisotopic (exact) mass is 299 g/mol. The molecule has 1 aromatic rings. The SMILES string of the molecule is CSc1ccc(Cl)c(C(=O)OCCN2CCCC2)c1. The predicted octanol–water partition coefficient (Wildman–Crippen LogP) is 3.31. The Morgan fingerprint density at radius 1 is 1.42 bits per heavy atom. The summed E-state index contributed by atoms with van der Waals surface area (Å²) in [6.45, 7) is 3.46. The van der Waals surface area contributed by atoms with Gasteiger partial charge in [0.25, 0.3) is 0 Å². The van der Waals surface area contributed by atoms with Crippen LogP contribution in [0.1, 0.15) is 23.2 Å². The molecular formula is C14H18ClNO2S. The average Bonchev–Trinajstić information content (AvgIpc) is 2.92. The van der Waals surface area contributed by atoms with Crippen molar-refractivity contribution in [2.24, 2.45) is 0 Å². The molecule has 0 radical (unpaired) electrons. The van der Waals surface area contributed by atoms with E-state index in [2.05, 4.69) is 4.90 Å². The van der Waals surface area contributed by atoms with Crippen molar-refractivity contribution in [3.8, 4) is 0 Å². The summed E-state index contributed by atoms with van der Waals surface area (Å²) in [5, 5.41) is 0.448. The number of thioether (sulfide) groups is 1. The highest BCUT2D eigenvalue weighted by atomic mass is 35.5. The summed E-state index contributed by atoms with van der Waals surface area (Å²) in [4.78, 5) is 15.3. The number of hydrogen-bond donors (Lipinski definition) is 0. The van der Waals surface area contributed by atoms with Gasteiger partial charge in [-0.2, -0.15) is 0 Å². The van der Waals surface area contributed by atoms with Gasteiger partial charge < -0.3 is 4.74 Å². The maximum Gasteiger partial charge on any atom is 0.339 e. The van der Waals surface area contributed by atoms with E-state index in [0.29, 0.717) is 17.2 Å². The van der Waals surface area contributed by atoms with Crippen molar-refractivity contribution in [1.29, 1.82) is 0 Å². The Morgan fingerprint density at radius 3 is 2.84 bits per heavy atom. The number of halogens is 1. The predicted molar refractivity (Wildman–Crippen MR) is 79.2 cm³/mol. The lowest BCUT2D eigenvalue weighted by atomic mass is 10.2. The van der Waals surface area contributed by atoms with Gasteiger partial charge in [-0.15, -0.1) is 11.8 Å². The molecule has 1 aliphatic rings. The lowest BCUT2D eigenvalue weighted by Gasteiger charge is -2.14. The number of hydrogen-bond acceptors (Lipinski definition) is 4. The van der Waals surface area contributed by atoms with E-state index >= 15 is 0 Å². The molecule has 0 saturated carbocycles. The normalized spacial score (nSPS) is 15.7. The second-order valence-corrected chi connectivity index (χ2v) is 5.82. The van der Waals surface area contributed by atoms with E-state index in [9.17, 15) is 4.79 Å². The quantitative estimate of drug-likeness (QED) is 0.616.